The van der Waals surface area contributed by atoms with Crippen LogP contribution in [0.15, 0.2) is 18.2 Å². The highest BCUT2D eigenvalue weighted by Gasteiger charge is 2.22. The predicted molar refractivity (Wildman–Crippen MR) is 102 cm³/mol. The highest BCUT2D eigenvalue weighted by Crippen LogP contribution is 2.24. The minimum absolute atomic E-state index is 0.193. The van der Waals surface area contributed by atoms with E-state index in [0.29, 0.717) is 17.0 Å². The number of nitrogens with two attached hydrogens (primary N) is 1. The van der Waals surface area contributed by atoms with Gasteiger partial charge in [-0.2, -0.15) is 5.10 Å². The van der Waals surface area contributed by atoms with Crippen molar-refractivity contribution >= 4 is 17.6 Å². The third-order valence-electron chi connectivity index (χ3n) is 3.67. The number of carbonyl (C=O) groups is 2. The van der Waals surface area contributed by atoms with Crippen molar-refractivity contribution in [3.8, 4) is 5.75 Å². The van der Waals surface area contributed by atoms with Gasteiger partial charge in [0.05, 0.1) is 44.3 Å². The maximum atomic E-state index is 12.2. The predicted octanol–water partition coefficient (Wildman–Crippen LogP) is 2.82. The van der Waals surface area contributed by atoms with E-state index in [4.69, 9.17) is 19.9 Å². The Morgan fingerprint density at radius 3 is 2.41 bits per heavy atom. The molecule has 0 spiro atoms. The Bertz CT molecular complexity index is 799. The normalized spacial score (nSPS) is 9.85. The number of ether oxygens (including phenoxy) is 3. The van der Waals surface area contributed by atoms with Crippen LogP contribution in [0.5, 0.6) is 5.75 Å². The van der Waals surface area contributed by atoms with Gasteiger partial charge in [0.2, 0.25) is 0 Å². The van der Waals surface area contributed by atoms with Crippen LogP contribution in [0.25, 0.3) is 0 Å². The Kier molecular flexibility index (Phi) is 8.32. The summed E-state index contributed by atoms with van der Waals surface area (Å²) in [5, 5.41) is 4.30. The van der Waals surface area contributed by atoms with Crippen LogP contribution >= 0.6 is 0 Å². The van der Waals surface area contributed by atoms with Gasteiger partial charge in [-0.15, -0.1) is 0 Å². The lowest BCUT2D eigenvalue weighted by molar-refractivity contribution is 0.0513. The number of anilines is 1. The Balaban J connectivity index is 0.00000176. The topological polar surface area (TPSA) is 106 Å². The van der Waals surface area contributed by atoms with Crippen molar-refractivity contribution in [3.05, 3.63) is 40.7 Å². The number of rotatable bonds is 6. The number of carbonyl (C=O) groups excluding carboxylic acids is 2. The van der Waals surface area contributed by atoms with Gasteiger partial charge < -0.3 is 19.9 Å². The number of methoxy groups -OCH3 is 2. The molecule has 0 aliphatic heterocycles. The summed E-state index contributed by atoms with van der Waals surface area (Å²) in [6.07, 6.45) is 0. The molecule has 0 aliphatic carbocycles. The van der Waals surface area contributed by atoms with Gasteiger partial charge in [0.25, 0.3) is 0 Å². The summed E-state index contributed by atoms with van der Waals surface area (Å²) < 4.78 is 16.6. The summed E-state index contributed by atoms with van der Waals surface area (Å²) in [5.41, 5.74) is 8.06. The molecule has 0 saturated carbocycles. The van der Waals surface area contributed by atoms with Gasteiger partial charge in [-0.25, -0.2) is 9.59 Å². The van der Waals surface area contributed by atoms with Crippen LogP contribution in [-0.2, 0) is 16.0 Å². The first-order chi connectivity index (χ1) is 12.9. The number of aryl methyl sites for hydroxylation is 1. The molecular weight excluding hydrogens is 350 g/mol. The fraction of sp³-hybridized carbons (Fsp3) is 0.421. The molecule has 0 amide bonds. The number of nitrogen functional groups attached to an aromatic ring is 1. The first-order valence-electron chi connectivity index (χ1n) is 8.68. The van der Waals surface area contributed by atoms with Crippen molar-refractivity contribution < 1.29 is 23.8 Å². The van der Waals surface area contributed by atoms with Crippen molar-refractivity contribution in [3.63, 3.8) is 0 Å². The summed E-state index contributed by atoms with van der Waals surface area (Å²) in [5.74, 6) is -0.522. The van der Waals surface area contributed by atoms with Gasteiger partial charge in [0.1, 0.15) is 5.75 Å². The van der Waals surface area contributed by atoms with E-state index < -0.39 is 11.9 Å². The molecule has 0 saturated heterocycles. The van der Waals surface area contributed by atoms with E-state index in [1.54, 1.807) is 32.0 Å². The zero-order chi connectivity index (χ0) is 20.6. The van der Waals surface area contributed by atoms with E-state index in [9.17, 15) is 9.59 Å². The standard InChI is InChI=1S/C17H21N3O5.C2H6/c1-5-25-17(22)15-14(18)10(2)19-20(15)9-12-7-6-11(16(21)24-4)8-13(12)23-3;1-2/h6-8H,5,9,18H2,1-4H3;1-2H3. The highest BCUT2D eigenvalue weighted by atomic mass is 16.5. The van der Waals surface area contributed by atoms with Gasteiger partial charge in [-0.1, -0.05) is 19.9 Å². The number of nitrogens with zero attached hydrogens (tertiary/aromatic N) is 2. The van der Waals surface area contributed by atoms with Gasteiger partial charge in [-0.05, 0) is 26.0 Å². The molecule has 1 aromatic carbocycles. The van der Waals surface area contributed by atoms with Crippen molar-refractivity contribution in [1.29, 1.82) is 0 Å². The van der Waals surface area contributed by atoms with Crippen LogP contribution < -0.4 is 10.5 Å². The number of aromatic nitrogens is 2. The summed E-state index contributed by atoms with van der Waals surface area (Å²) in [7, 11) is 2.80. The van der Waals surface area contributed by atoms with Crippen LogP contribution in [0, 0.1) is 6.92 Å². The molecule has 148 valence electrons. The van der Waals surface area contributed by atoms with Gasteiger partial charge in [0, 0.05) is 5.56 Å². The lowest BCUT2D eigenvalue weighted by Crippen LogP contribution is -2.16. The second kappa shape index (κ2) is 10.2. The smallest absolute Gasteiger partial charge is 0.358 e. The van der Waals surface area contributed by atoms with Crippen LogP contribution in [0.4, 0.5) is 5.69 Å². The van der Waals surface area contributed by atoms with Crippen molar-refractivity contribution in [2.24, 2.45) is 0 Å². The average molecular weight is 377 g/mol. The molecule has 0 radical (unpaired) electrons. The number of hydrogen-bond acceptors (Lipinski definition) is 7. The SMILES string of the molecule is CC.CCOC(=O)c1c(N)c(C)nn1Cc1ccc(C(=O)OC)cc1OC. The van der Waals surface area contributed by atoms with E-state index in [1.807, 2.05) is 13.8 Å². The summed E-state index contributed by atoms with van der Waals surface area (Å²) >= 11 is 0. The first-order valence-corrected chi connectivity index (χ1v) is 8.68. The van der Waals surface area contributed by atoms with Gasteiger partial charge in [-0.3, -0.25) is 4.68 Å². The third kappa shape index (κ3) is 4.99. The van der Waals surface area contributed by atoms with E-state index >= 15 is 0 Å². The molecule has 8 heteroatoms. The molecule has 8 nitrogen and oxygen atoms in total. The van der Waals surface area contributed by atoms with Crippen LogP contribution in [0.3, 0.4) is 0 Å². The Morgan fingerprint density at radius 1 is 1.19 bits per heavy atom. The van der Waals surface area contributed by atoms with Crippen LogP contribution in [-0.4, -0.2) is 42.5 Å². The average Bonchev–Trinajstić information content (AvgIpc) is 2.96. The Labute approximate surface area is 159 Å². The molecule has 2 rings (SSSR count). The fourth-order valence-electron chi connectivity index (χ4n) is 2.41. The van der Waals surface area contributed by atoms with E-state index in [1.165, 1.54) is 18.9 Å². The molecule has 0 unspecified atom stereocenters. The highest BCUT2D eigenvalue weighted by molar-refractivity contribution is 5.94. The van der Waals surface area contributed by atoms with E-state index in [2.05, 4.69) is 5.10 Å². The van der Waals surface area contributed by atoms with Crippen LogP contribution in [0.2, 0.25) is 0 Å². The molecule has 0 atom stereocenters. The maximum Gasteiger partial charge on any atom is 0.358 e. The molecule has 1 heterocycles. The molecule has 27 heavy (non-hydrogen) atoms. The molecule has 0 bridgehead atoms. The monoisotopic (exact) mass is 377 g/mol. The second-order valence-corrected chi connectivity index (χ2v) is 5.24. The molecular formula is C19H27N3O5. The van der Waals surface area contributed by atoms with E-state index in [0.717, 1.165) is 5.56 Å². The lowest BCUT2D eigenvalue weighted by Gasteiger charge is -2.12. The second-order valence-electron chi connectivity index (χ2n) is 5.24. The molecule has 0 aliphatic rings. The molecule has 2 aromatic rings. The number of esters is 2. The first kappa shape index (κ1) is 22.0. The van der Waals surface area contributed by atoms with Crippen LogP contribution in [0.1, 0.15) is 52.9 Å². The molecule has 0 fully saturated rings. The minimum Gasteiger partial charge on any atom is -0.496 e. The van der Waals surface area contributed by atoms with E-state index in [-0.39, 0.29) is 24.5 Å². The van der Waals surface area contributed by atoms with Gasteiger partial charge in [0.15, 0.2) is 5.69 Å². The minimum atomic E-state index is -0.536. The summed E-state index contributed by atoms with van der Waals surface area (Å²) in [4.78, 5) is 23.8. The number of benzene rings is 1. The van der Waals surface area contributed by atoms with Crippen molar-refractivity contribution in [1.82, 2.24) is 9.78 Å². The fourth-order valence-corrected chi connectivity index (χ4v) is 2.41. The number of hydrogen-bond donors (Lipinski definition) is 1. The molecule has 1 aromatic heterocycles. The summed E-state index contributed by atoms with van der Waals surface area (Å²) in [6, 6.07) is 4.91. The van der Waals surface area contributed by atoms with Gasteiger partial charge >= 0.3 is 11.9 Å². The zero-order valence-corrected chi connectivity index (χ0v) is 16.7. The summed E-state index contributed by atoms with van der Waals surface area (Å²) in [6.45, 7) is 7.90. The molecule has 2 N–H and O–H groups in total. The Hall–Kier alpha value is -3.03. The van der Waals surface area contributed by atoms with Crippen molar-refractivity contribution in [2.75, 3.05) is 26.6 Å². The lowest BCUT2D eigenvalue weighted by atomic mass is 10.1. The Morgan fingerprint density at radius 2 is 1.85 bits per heavy atom. The maximum absolute atomic E-state index is 12.2. The zero-order valence-electron chi connectivity index (χ0n) is 16.7. The largest absolute Gasteiger partial charge is 0.496 e. The van der Waals surface area contributed by atoms with Crippen molar-refractivity contribution in [2.45, 2.75) is 34.2 Å². The quantitative estimate of drug-likeness (QED) is 0.772. The third-order valence-corrected chi connectivity index (χ3v) is 3.67.